The zero-order chi connectivity index (χ0) is 10.7. The van der Waals surface area contributed by atoms with Crippen LogP contribution in [0.3, 0.4) is 0 Å². The van der Waals surface area contributed by atoms with Crippen molar-refractivity contribution in [3.63, 3.8) is 0 Å². The quantitative estimate of drug-likeness (QED) is 0.688. The molecule has 1 aliphatic heterocycles. The van der Waals surface area contributed by atoms with Gasteiger partial charge in [-0.1, -0.05) is 30.4 Å². The Labute approximate surface area is 90.5 Å². The van der Waals surface area contributed by atoms with Gasteiger partial charge in [-0.15, -0.1) is 0 Å². The van der Waals surface area contributed by atoms with Gasteiger partial charge >= 0.3 is 0 Å². The summed E-state index contributed by atoms with van der Waals surface area (Å²) in [6.45, 7) is 8.15. The summed E-state index contributed by atoms with van der Waals surface area (Å²) in [5, 5.41) is 0. The SMILES string of the molecule is C=C(C)c1cccc(COCC2CO2)c1. The molecule has 0 aliphatic carbocycles. The van der Waals surface area contributed by atoms with Crippen LogP contribution in [0.4, 0.5) is 0 Å². The molecule has 1 fully saturated rings. The van der Waals surface area contributed by atoms with Crippen LogP contribution in [-0.2, 0) is 16.1 Å². The fourth-order valence-corrected chi connectivity index (χ4v) is 1.40. The van der Waals surface area contributed by atoms with E-state index in [1.807, 2.05) is 13.0 Å². The van der Waals surface area contributed by atoms with Crippen molar-refractivity contribution in [2.24, 2.45) is 0 Å². The molecule has 0 spiro atoms. The maximum absolute atomic E-state index is 5.52. The van der Waals surface area contributed by atoms with Crippen LogP contribution in [-0.4, -0.2) is 19.3 Å². The molecule has 0 amide bonds. The summed E-state index contributed by atoms with van der Waals surface area (Å²) in [4.78, 5) is 0. The smallest absolute Gasteiger partial charge is 0.104 e. The predicted octanol–water partition coefficient (Wildman–Crippen LogP) is 2.64. The van der Waals surface area contributed by atoms with Crippen LogP contribution < -0.4 is 0 Å². The normalized spacial score (nSPS) is 18.9. The van der Waals surface area contributed by atoms with E-state index in [9.17, 15) is 0 Å². The number of hydrogen-bond acceptors (Lipinski definition) is 2. The van der Waals surface area contributed by atoms with Gasteiger partial charge in [0, 0.05) is 0 Å². The van der Waals surface area contributed by atoms with E-state index >= 15 is 0 Å². The molecular weight excluding hydrogens is 188 g/mol. The molecular formula is C13H16O2. The van der Waals surface area contributed by atoms with E-state index in [0.29, 0.717) is 19.3 Å². The number of allylic oxidation sites excluding steroid dienone is 1. The highest BCUT2D eigenvalue weighted by Gasteiger charge is 2.22. The maximum Gasteiger partial charge on any atom is 0.104 e. The minimum absolute atomic E-state index is 0.342. The van der Waals surface area contributed by atoms with Gasteiger partial charge in [-0.05, 0) is 24.1 Å². The molecule has 0 bridgehead atoms. The van der Waals surface area contributed by atoms with Crippen molar-refractivity contribution >= 4 is 5.57 Å². The Morgan fingerprint density at radius 2 is 2.40 bits per heavy atom. The van der Waals surface area contributed by atoms with Crippen molar-refractivity contribution in [1.29, 1.82) is 0 Å². The molecule has 1 atom stereocenters. The maximum atomic E-state index is 5.52. The first-order valence-corrected chi connectivity index (χ1v) is 5.20. The lowest BCUT2D eigenvalue weighted by Gasteiger charge is -2.05. The van der Waals surface area contributed by atoms with E-state index < -0.39 is 0 Å². The third-order valence-corrected chi connectivity index (χ3v) is 2.39. The second-order valence-corrected chi connectivity index (χ2v) is 3.95. The Balaban J connectivity index is 1.88. The topological polar surface area (TPSA) is 21.8 Å². The first-order valence-electron chi connectivity index (χ1n) is 5.20. The van der Waals surface area contributed by atoms with Crippen LogP contribution in [0.1, 0.15) is 18.1 Å². The minimum atomic E-state index is 0.342. The van der Waals surface area contributed by atoms with Crippen LogP contribution >= 0.6 is 0 Å². The van der Waals surface area contributed by atoms with E-state index in [0.717, 1.165) is 12.2 Å². The lowest BCUT2D eigenvalue weighted by molar-refractivity contribution is 0.104. The van der Waals surface area contributed by atoms with E-state index in [-0.39, 0.29) is 0 Å². The van der Waals surface area contributed by atoms with Crippen molar-refractivity contribution < 1.29 is 9.47 Å². The summed E-state index contributed by atoms with van der Waals surface area (Å²) in [6.07, 6.45) is 0.342. The summed E-state index contributed by atoms with van der Waals surface area (Å²) in [6, 6.07) is 8.29. The molecule has 1 unspecified atom stereocenters. The highest BCUT2D eigenvalue weighted by Crippen LogP contribution is 2.15. The van der Waals surface area contributed by atoms with Crippen molar-refractivity contribution in [3.8, 4) is 0 Å². The van der Waals surface area contributed by atoms with Crippen LogP contribution in [0.2, 0.25) is 0 Å². The third-order valence-electron chi connectivity index (χ3n) is 2.39. The Morgan fingerprint density at radius 1 is 1.60 bits per heavy atom. The van der Waals surface area contributed by atoms with E-state index in [4.69, 9.17) is 9.47 Å². The van der Waals surface area contributed by atoms with Gasteiger partial charge in [0.05, 0.1) is 19.8 Å². The molecule has 1 heterocycles. The van der Waals surface area contributed by atoms with Crippen molar-refractivity contribution in [1.82, 2.24) is 0 Å². The molecule has 1 aromatic rings. The second-order valence-electron chi connectivity index (χ2n) is 3.95. The molecule has 0 saturated carbocycles. The zero-order valence-electron chi connectivity index (χ0n) is 9.03. The second kappa shape index (κ2) is 4.60. The Kier molecular flexibility index (Phi) is 3.19. The molecule has 0 radical (unpaired) electrons. The largest absolute Gasteiger partial charge is 0.374 e. The monoisotopic (exact) mass is 204 g/mol. The highest BCUT2D eigenvalue weighted by molar-refractivity contribution is 5.61. The van der Waals surface area contributed by atoms with Crippen molar-refractivity contribution in [2.45, 2.75) is 19.6 Å². The average Bonchev–Trinajstić information content (AvgIpc) is 3.02. The molecule has 2 rings (SSSR count). The zero-order valence-corrected chi connectivity index (χ0v) is 9.03. The molecule has 2 heteroatoms. The van der Waals surface area contributed by atoms with Crippen LogP contribution in [0.25, 0.3) is 5.57 Å². The average molecular weight is 204 g/mol. The summed E-state index contributed by atoms with van der Waals surface area (Å²) in [5.41, 5.74) is 3.46. The molecule has 15 heavy (non-hydrogen) atoms. The first kappa shape index (κ1) is 10.4. The standard InChI is InChI=1S/C13H16O2/c1-10(2)12-5-3-4-11(6-12)7-14-8-13-9-15-13/h3-6,13H,1,7-9H2,2H3. The number of epoxide rings is 1. The summed E-state index contributed by atoms with van der Waals surface area (Å²) in [5.74, 6) is 0. The molecule has 80 valence electrons. The highest BCUT2D eigenvalue weighted by atomic mass is 16.6. The third kappa shape index (κ3) is 3.18. The van der Waals surface area contributed by atoms with Crippen molar-refractivity contribution in [2.75, 3.05) is 13.2 Å². The van der Waals surface area contributed by atoms with Crippen LogP contribution in [0.15, 0.2) is 30.8 Å². The summed E-state index contributed by atoms with van der Waals surface area (Å²) >= 11 is 0. The first-order chi connectivity index (χ1) is 7.25. The van der Waals surface area contributed by atoms with Gasteiger partial charge in [0.2, 0.25) is 0 Å². The number of benzene rings is 1. The Hall–Kier alpha value is -1.12. The summed E-state index contributed by atoms with van der Waals surface area (Å²) in [7, 11) is 0. The molecule has 1 saturated heterocycles. The molecule has 2 nitrogen and oxygen atoms in total. The predicted molar refractivity (Wildman–Crippen MR) is 60.5 cm³/mol. The van der Waals surface area contributed by atoms with Crippen LogP contribution in [0.5, 0.6) is 0 Å². The van der Waals surface area contributed by atoms with Gasteiger partial charge in [0.1, 0.15) is 6.10 Å². The van der Waals surface area contributed by atoms with E-state index in [1.165, 1.54) is 11.1 Å². The number of hydrogen-bond donors (Lipinski definition) is 0. The lowest BCUT2D eigenvalue weighted by Crippen LogP contribution is -2.01. The van der Waals surface area contributed by atoms with E-state index in [2.05, 4.69) is 24.8 Å². The summed E-state index contributed by atoms with van der Waals surface area (Å²) < 4.78 is 10.6. The number of rotatable bonds is 5. The molecule has 1 aliphatic rings. The fraction of sp³-hybridized carbons (Fsp3) is 0.385. The van der Waals surface area contributed by atoms with Gasteiger partial charge < -0.3 is 9.47 Å². The van der Waals surface area contributed by atoms with Gasteiger partial charge in [-0.25, -0.2) is 0 Å². The van der Waals surface area contributed by atoms with Crippen molar-refractivity contribution in [3.05, 3.63) is 42.0 Å². The molecule has 1 aromatic carbocycles. The van der Waals surface area contributed by atoms with E-state index in [1.54, 1.807) is 0 Å². The Bertz CT molecular complexity index is 353. The number of ether oxygens (including phenoxy) is 2. The van der Waals surface area contributed by atoms with Crippen LogP contribution in [0, 0.1) is 0 Å². The fourth-order valence-electron chi connectivity index (χ4n) is 1.40. The molecule has 0 N–H and O–H groups in total. The van der Waals surface area contributed by atoms with Gasteiger partial charge in [0.25, 0.3) is 0 Å². The molecule has 0 aromatic heterocycles. The minimum Gasteiger partial charge on any atom is -0.374 e. The van der Waals surface area contributed by atoms with Gasteiger partial charge in [-0.3, -0.25) is 0 Å². The lowest BCUT2D eigenvalue weighted by atomic mass is 10.1. The van der Waals surface area contributed by atoms with Gasteiger partial charge in [0.15, 0.2) is 0 Å². The van der Waals surface area contributed by atoms with Gasteiger partial charge in [-0.2, -0.15) is 0 Å². The Morgan fingerprint density at radius 3 is 3.07 bits per heavy atom.